The lowest BCUT2D eigenvalue weighted by Crippen LogP contribution is -2.55. The van der Waals surface area contributed by atoms with Crippen LogP contribution in [0.4, 0.5) is 0 Å². The molecule has 2 saturated heterocycles. The number of likely N-dealkylation sites (tertiary alicyclic amines) is 1. The quantitative estimate of drug-likeness (QED) is 0.651. The predicted octanol–water partition coefficient (Wildman–Crippen LogP) is 2.91. The molecule has 1 unspecified atom stereocenters. The molecule has 2 amide bonds. The third-order valence-corrected chi connectivity index (χ3v) is 7.28. The molecule has 2 heterocycles. The Hall–Kier alpha value is -1.14. The summed E-state index contributed by atoms with van der Waals surface area (Å²) in [5.74, 6) is 1.08. The first-order valence-corrected chi connectivity index (χ1v) is 11.9. The highest BCUT2D eigenvalue weighted by Crippen LogP contribution is 2.27. The first-order chi connectivity index (χ1) is 14.0. The van der Waals surface area contributed by atoms with E-state index in [4.69, 9.17) is 4.74 Å². The lowest BCUT2D eigenvalue weighted by molar-refractivity contribution is -0.132. The Morgan fingerprint density at radius 2 is 1.66 bits per heavy atom. The zero-order valence-electron chi connectivity index (χ0n) is 18.6. The van der Waals surface area contributed by atoms with Gasteiger partial charge in [0.15, 0.2) is 0 Å². The molecule has 0 radical (unpaired) electrons. The summed E-state index contributed by atoms with van der Waals surface area (Å²) in [6, 6.07) is 0.903. The molecule has 29 heavy (non-hydrogen) atoms. The van der Waals surface area contributed by atoms with Gasteiger partial charge in [-0.05, 0) is 44.4 Å². The van der Waals surface area contributed by atoms with Crippen LogP contribution in [-0.4, -0.2) is 85.0 Å². The van der Waals surface area contributed by atoms with E-state index in [1.54, 1.807) is 6.92 Å². The Kier molecular flexibility index (Phi) is 8.79. The van der Waals surface area contributed by atoms with E-state index >= 15 is 0 Å². The summed E-state index contributed by atoms with van der Waals surface area (Å²) in [4.78, 5) is 31.2. The molecule has 0 aromatic carbocycles. The summed E-state index contributed by atoms with van der Waals surface area (Å²) in [5.41, 5.74) is 0. The molecule has 3 fully saturated rings. The van der Waals surface area contributed by atoms with Crippen molar-refractivity contribution in [3.8, 4) is 0 Å². The second kappa shape index (κ2) is 11.3. The maximum absolute atomic E-state index is 12.8. The molecule has 3 aliphatic rings. The zero-order valence-corrected chi connectivity index (χ0v) is 18.6. The molecule has 6 nitrogen and oxygen atoms in total. The van der Waals surface area contributed by atoms with E-state index in [0.29, 0.717) is 23.9 Å². The Morgan fingerprint density at radius 1 is 0.931 bits per heavy atom. The van der Waals surface area contributed by atoms with Crippen molar-refractivity contribution in [3.05, 3.63) is 0 Å². The lowest BCUT2D eigenvalue weighted by atomic mass is 9.87. The lowest BCUT2D eigenvalue weighted by Gasteiger charge is -2.44. The zero-order chi connectivity index (χ0) is 20.6. The van der Waals surface area contributed by atoms with E-state index in [9.17, 15) is 9.59 Å². The van der Waals surface area contributed by atoms with Gasteiger partial charge in [-0.1, -0.05) is 19.3 Å². The number of amides is 2. The number of rotatable bonds is 7. The topological polar surface area (TPSA) is 53.1 Å². The predicted molar refractivity (Wildman–Crippen MR) is 115 cm³/mol. The van der Waals surface area contributed by atoms with Gasteiger partial charge in [-0.3, -0.25) is 14.5 Å². The number of hydrogen-bond acceptors (Lipinski definition) is 4. The van der Waals surface area contributed by atoms with Gasteiger partial charge in [0, 0.05) is 71.9 Å². The number of carbonyl (C=O) groups excluding carboxylic acids is 2. The maximum Gasteiger partial charge on any atom is 0.222 e. The number of ether oxygens (including phenoxy) is 1. The van der Waals surface area contributed by atoms with E-state index in [2.05, 4.69) is 4.90 Å². The van der Waals surface area contributed by atoms with Crippen LogP contribution in [0.1, 0.15) is 71.1 Å². The minimum Gasteiger partial charge on any atom is -0.381 e. The van der Waals surface area contributed by atoms with E-state index in [0.717, 1.165) is 71.5 Å². The Bertz CT molecular complexity index is 529. The largest absolute Gasteiger partial charge is 0.381 e. The molecule has 166 valence electrons. The number of piperidine rings is 1. The van der Waals surface area contributed by atoms with E-state index in [1.165, 1.54) is 32.1 Å². The van der Waals surface area contributed by atoms with E-state index in [-0.39, 0.29) is 5.91 Å². The molecule has 3 rings (SSSR count). The molecule has 1 saturated carbocycles. The van der Waals surface area contributed by atoms with Gasteiger partial charge in [0.05, 0.1) is 0 Å². The van der Waals surface area contributed by atoms with Gasteiger partial charge in [0.1, 0.15) is 0 Å². The number of hydrogen-bond donors (Lipinski definition) is 0. The summed E-state index contributed by atoms with van der Waals surface area (Å²) in [6.07, 6.45) is 11.4. The van der Waals surface area contributed by atoms with Gasteiger partial charge >= 0.3 is 0 Å². The van der Waals surface area contributed by atoms with Crippen LogP contribution in [0.15, 0.2) is 0 Å². The molecular formula is C23H41N3O3. The van der Waals surface area contributed by atoms with Crippen LogP contribution >= 0.6 is 0 Å². The molecule has 0 N–H and O–H groups in total. The van der Waals surface area contributed by atoms with Crippen molar-refractivity contribution in [2.24, 2.45) is 5.92 Å². The van der Waals surface area contributed by atoms with Gasteiger partial charge in [-0.15, -0.1) is 0 Å². The van der Waals surface area contributed by atoms with Gasteiger partial charge in [0.2, 0.25) is 11.8 Å². The van der Waals surface area contributed by atoms with Crippen molar-refractivity contribution < 1.29 is 14.3 Å². The minimum atomic E-state index is 0.182. The standard InChI is InChI=1S/C23H41N3O3/c1-19(27)25-12-6-9-22(18-25)26(21-10-15-29-16-11-21)14-13-24(2)23(28)17-20-7-4-3-5-8-20/h20-22H,3-18H2,1-2H3. The van der Waals surface area contributed by atoms with Gasteiger partial charge in [-0.25, -0.2) is 0 Å². The van der Waals surface area contributed by atoms with Crippen LogP contribution in [-0.2, 0) is 14.3 Å². The molecule has 0 spiro atoms. The van der Waals surface area contributed by atoms with Crippen LogP contribution in [0.5, 0.6) is 0 Å². The average Bonchev–Trinajstić information content (AvgIpc) is 2.75. The second-order valence-electron chi connectivity index (χ2n) is 9.37. The van der Waals surface area contributed by atoms with Crippen LogP contribution in [0.2, 0.25) is 0 Å². The fraction of sp³-hybridized carbons (Fsp3) is 0.913. The Balaban J connectivity index is 1.55. The van der Waals surface area contributed by atoms with Crippen molar-refractivity contribution >= 4 is 11.8 Å². The highest BCUT2D eigenvalue weighted by atomic mass is 16.5. The number of nitrogens with zero attached hydrogens (tertiary/aromatic N) is 3. The van der Waals surface area contributed by atoms with Crippen LogP contribution < -0.4 is 0 Å². The van der Waals surface area contributed by atoms with Crippen molar-refractivity contribution in [2.75, 3.05) is 46.4 Å². The highest BCUT2D eigenvalue weighted by Gasteiger charge is 2.32. The van der Waals surface area contributed by atoms with Crippen molar-refractivity contribution in [1.82, 2.24) is 14.7 Å². The molecule has 1 atom stereocenters. The molecule has 1 aliphatic carbocycles. The smallest absolute Gasteiger partial charge is 0.222 e. The summed E-state index contributed by atoms with van der Waals surface area (Å²) in [5, 5.41) is 0. The maximum atomic E-state index is 12.8. The molecule has 0 aromatic heterocycles. The molecule has 0 aromatic rings. The SMILES string of the molecule is CC(=O)N1CCCC(N(CCN(C)C(=O)CC2CCCCC2)C2CCOCC2)C1. The van der Waals surface area contributed by atoms with E-state index < -0.39 is 0 Å². The highest BCUT2D eigenvalue weighted by molar-refractivity contribution is 5.76. The molecular weight excluding hydrogens is 366 g/mol. The van der Waals surface area contributed by atoms with Crippen molar-refractivity contribution in [1.29, 1.82) is 0 Å². The van der Waals surface area contributed by atoms with Crippen LogP contribution in [0, 0.1) is 5.92 Å². The second-order valence-corrected chi connectivity index (χ2v) is 9.37. The van der Waals surface area contributed by atoms with Crippen molar-refractivity contribution in [3.63, 3.8) is 0 Å². The van der Waals surface area contributed by atoms with Crippen LogP contribution in [0.25, 0.3) is 0 Å². The van der Waals surface area contributed by atoms with Gasteiger partial charge < -0.3 is 14.5 Å². The monoisotopic (exact) mass is 407 g/mol. The first kappa shape index (κ1) is 22.5. The first-order valence-electron chi connectivity index (χ1n) is 11.9. The summed E-state index contributed by atoms with van der Waals surface area (Å²) < 4.78 is 5.59. The van der Waals surface area contributed by atoms with Crippen LogP contribution in [0.3, 0.4) is 0 Å². The summed E-state index contributed by atoms with van der Waals surface area (Å²) in [6.45, 7) is 6.70. The average molecular weight is 408 g/mol. The van der Waals surface area contributed by atoms with Gasteiger partial charge in [-0.2, -0.15) is 0 Å². The number of carbonyl (C=O) groups is 2. The fourth-order valence-corrected chi connectivity index (χ4v) is 5.38. The van der Waals surface area contributed by atoms with Crippen molar-refractivity contribution in [2.45, 2.75) is 83.2 Å². The normalized spacial score (nSPS) is 24.7. The summed E-state index contributed by atoms with van der Waals surface area (Å²) >= 11 is 0. The van der Waals surface area contributed by atoms with E-state index in [1.807, 2.05) is 16.8 Å². The minimum absolute atomic E-state index is 0.182. The Labute approximate surface area is 176 Å². The molecule has 6 heteroatoms. The Morgan fingerprint density at radius 3 is 2.34 bits per heavy atom. The third kappa shape index (κ3) is 6.68. The third-order valence-electron chi connectivity index (χ3n) is 7.28. The summed E-state index contributed by atoms with van der Waals surface area (Å²) in [7, 11) is 1.97. The molecule has 2 aliphatic heterocycles. The van der Waals surface area contributed by atoms with Gasteiger partial charge in [0.25, 0.3) is 0 Å². The molecule has 0 bridgehead atoms. The fourth-order valence-electron chi connectivity index (χ4n) is 5.38. The number of likely N-dealkylation sites (N-methyl/N-ethyl adjacent to an activating group) is 1.